The average Bonchev–Trinajstić information content (AvgIpc) is 2.68. The molecule has 3 rings (SSSR count). The summed E-state index contributed by atoms with van der Waals surface area (Å²) in [7, 11) is 0. The van der Waals surface area contributed by atoms with Gasteiger partial charge in [-0.15, -0.1) is 0 Å². The van der Waals surface area contributed by atoms with Crippen molar-refractivity contribution in [3.63, 3.8) is 0 Å². The van der Waals surface area contributed by atoms with E-state index in [2.05, 4.69) is 0 Å². The summed E-state index contributed by atoms with van der Waals surface area (Å²) in [5.74, 6) is -0.736. The topological polar surface area (TPSA) is 52.6 Å². The lowest BCUT2D eigenvalue weighted by molar-refractivity contribution is 0.0509. The minimum Gasteiger partial charge on any atom is -0.462 e. The summed E-state index contributed by atoms with van der Waals surface area (Å²) in [6.45, 7) is 0.287. The largest absolute Gasteiger partial charge is 0.462 e. The predicted molar refractivity (Wildman–Crippen MR) is 108 cm³/mol. The van der Waals surface area contributed by atoms with Crippen LogP contribution in [0, 0.1) is 0 Å². The fraction of sp³-hybridized carbons (Fsp3) is 0.0909. The quantitative estimate of drug-likeness (QED) is 0.388. The van der Waals surface area contributed by atoms with Crippen LogP contribution >= 0.6 is 23.2 Å². The Morgan fingerprint density at radius 2 is 1.39 bits per heavy atom. The van der Waals surface area contributed by atoms with Gasteiger partial charge >= 0.3 is 11.9 Å². The summed E-state index contributed by atoms with van der Waals surface area (Å²) in [6.07, 6.45) is 0.643. The van der Waals surface area contributed by atoms with Crippen LogP contribution in [0.1, 0.15) is 26.3 Å². The first-order valence-corrected chi connectivity index (χ1v) is 9.26. The summed E-state index contributed by atoms with van der Waals surface area (Å²) in [6, 6.07) is 20.4. The summed E-state index contributed by atoms with van der Waals surface area (Å²) in [5, 5.41) is 0.682. The second-order valence-corrected chi connectivity index (χ2v) is 6.82. The van der Waals surface area contributed by atoms with Crippen molar-refractivity contribution in [2.45, 2.75) is 6.42 Å². The number of carbonyl (C=O) groups excluding carboxylic acids is 2. The molecule has 4 nitrogen and oxygen atoms in total. The molecule has 0 N–H and O–H groups in total. The number of hydrogen-bond donors (Lipinski definition) is 0. The highest BCUT2D eigenvalue weighted by Gasteiger charge is 2.12. The van der Waals surface area contributed by atoms with Crippen LogP contribution in [0.15, 0.2) is 72.8 Å². The zero-order valence-corrected chi connectivity index (χ0v) is 16.2. The van der Waals surface area contributed by atoms with Gasteiger partial charge in [-0.1, -0.05) is 53.5 Å². The van der Waals surface area contributed by atoms with Gasteiger partial charge in [0, 0.05) is 16.5 Å². The van der Waals surface area contributed by atoms with Crippen LogP contribution in [0.2, 0.25) is 10.0 Å². The van der Waals surface area contributed by atoms with E-state index in [9.17, 15) is 9.59 Å². The van der Waals surface area contributed by atoms with Crippen molar-refractivity contribution < 1.29 is 19.1 Å². The molecule has 3 aromatic rings. The Labute approximate surface area is 172 Å². The lowest BCUT2D eigenvalue weighted by Gasteiger charge is -2.07. The molecule has 0 aliphatic rings. The highest BCUT2D eigenvalue weighted by molar-refractivity contribution is 6.35. The van der Waals surface area contributed by atoms with E-state index in [1.165, 1.54) is 30.3 Å². The number of hydrogen-bond acceptors (Lipinski definition) is 4. The molecule has 0 aromatic heterocycles. The number of benzene rings is 3. The van der Waals surface area contributed by atoms with Crippen molar-refractivity contribution in [3.05, 3.63) is 99.5 Å². The first kappa shape index (κ1) is 19.9. The van der Waals surface area contributed by atoms with Gasteiger partial charge in [0.1, 0.15) is 5.75 Å². The van der Waals surface area contributed by atoms with E-state index in [0.29, 0.717) is 27.8 Å². The maximum Gasteiger partial charge on any atom is 0.343 e. The lowest BCUT2D eigenvalue weighted by Crippen LogP contribution is -2.10. The Hall–Kier alpha value is -2.82. The highest BCUT2D eigenvalue weighted by atomic mass is 35.5. The molecule has 142 valence electrons. The SMILES string of the molecule is O=C(OCCc1ccccc1)c1ccc(OC(=O)c2cc(Cl)cc(Cl)c2)cc1. The maximum atomic E-state index is 12.2. The fourth-order valence-electron chi connectivity index (χ4n) is 2.49. The van der Waals surface area contributed by atoms with Crippen molar-refractivity contribution in [1.82, 2.24) is 0 Å². The third-order valence-electron chi connectivity index (χ3n) is 3.87. The second kappa shape index (κ2) is 9.40. The highest BCUT2D eigenvalue weighted by Crippen LogP contribution is 2.21. The van der Waals surface area contributed by atoms with E-state index in [1.54, 1.807) is 12.1 Å². The average molecular weight is 415 g/mol. The molecule has 6 heteroatoms. The Morgan fingerprint density at radius 3 is 2.04 bits per heavy atom. The minimum absolute atomic E-state index is 0.238. The van der Waals surface area contributed by atoms with Crippen molar-refractivity contribution in [1.29, 1.82) is 0 Å². The Bertz CT molecular complexity index is 949. The summed E-state index contributed by atoms with van der Waals surface area (Å²) in [5.41, 5.74) is 1.71. The van der Waals surface area contributed by atoms with E-state index < -0.39 is 11.9 Å². The molecule has 0 bridgehead atoms. The van der Waals surface area contributed by atoms with Gasteiger partial charge in [-0.3, -0.25) is 0 Å². The molecule has 0 radical (unpaired) electrons. The first-order valence-electron chi connectivity index (χ1n) is 8.50. The molecular weight excluding hydrogens is 399 g/mol. The van der Waals surface area contributed by atoms with Gasteiger partial charge in [0.2, 0.25) is 0 Å². The third kappa shape index (κ3) is 5.59. The van der Waals surface area contributed by atoms with Crippen LogP contribution in [0.25, 0.3) is 0 Å². The Balaban J connectivity index is 1.55. The first-order chi connectivity index (χ1) is 13.5. The zero-order valence-electron chi connectivity index (χ0n) is 14.7. The van der Waals surface area contributed by atoms with E-state index >= 15 is 0 Å². The summed E-state index contributed by atoms with van der Waals surface area (Å²) < 4.78 is 10.5. The molecular formula is C22H16Cl2O4. The minimum atomic E-state index is -0.595. The molecule has 0 unspecified atom stereocenters. The standard InChI is InChI=1S/C22H16Cl2O4/c23-18-12-17(13-19(24)14-18)22(26)28-20-8-6-16(7-9-20)21(25)27-11-10-15-4-2-1-3-5-15/h1-9,12-14H,10-11H2. The van der Waals surface area contributed by atoms with Gasteiger partial charge < -0.3 is 9.47 Å². The predicted octanol–water partition coefficient (Wildman–Crippen LogP) is 5.61. The van der Waals surface area contributed by atoms with Crippen molar-refractivity contribution >= 4 is 35.1 Å². The molecule has 0 heterocycles. The molecule has 0 amide bonds. The smallest absolute Gasteiger partial charge is 0.343 e. The number of ether oxygens (including phenoxy) is 2. The van der Waals surface area contributed by atoms with Crippen LogP contribution in [0.3, 0.4) is 0 Å². The molecule has 3 aromatic carbocycles. The third-order valence-corrected chi connectivity index (χ3v) is 4.30. The number of halogens is 2. The molecule has 0 atom stereocenters. The van der Waals surface area contributed by atoms with Crippen molar-refractivity contribution in [3.8, 4) is 5.75 Å². The molecule has 0 fully saturated rings. The molecule has 0 saturated carbocycles. The van der Waals surface area contributed by atoms with Gasteiger partial charge in [0.25, 0.3) is 0 Å². The van der Waals surface area contributed by atoms with E-state index in [1.807, 2.05) is 30.3 Å². The summed E-state index contributed by atoms with van der Waals surface area (Å²) in [4.78, 5) is 24.3. The number of esters is 2. The second-order valence-electron chi connectivity index (χ2n) is 5.94. The molecule has 0 spiro atoms. The van der Waals surface area contributed by atoms with Crippen LogP contribution < -0.4 is 4.74 Å². The molecule has 0 aliphatic heterocycles. The van der Waals surface area contributed by atoms with Crippen molar-refractivity contribution in [2.75, 3.05) is 6.61 Å². The lowest BCUT2D eigenvalue weighted by atomic mass is 10.2. The monoisotopic (exact) mass is 414 g/mol. The van der Waals surface area contributed by atoms with Crippen LogP contribution in [-0.2, 0) is 11.2 Å². The van der Waals surface area contributed by atoms with E-state index in [0.717, 1.165) is 5.56 Å². The van der Waals surface area contributed by atoms with Gasteiger partial charge in [-0.05, 0) is 48.0 Å². The van der Waals surface area contributed by atoms with E-state index in [4.69, 9.17) is 32.7 Å². The van der Waals surface area contributed by atoms with Crippen LogP contribution in [-0.4, -0.2) is 18.5 Å². The van der Waals surface area contributed by atoms with Gasteiger partial charge in [-0.2, -0.15) is 0 Å². The van der Waals surface area contributed by atoms with Crippen molar-refractivity contribution in [2.24, 2.45) is 0 Å². The Morgan fingerprint density at radius 1 is 0.750 bits per heavy atom. The maximum absolute atomic E-state index is 12.2. The number of carbonyl (C=O) groups is 2. The number of rotatable bonds is 6. The van der Waals surface area contributed by atoms with Crippen LogP contribution in [0.4, 0.5) is 0 Å². The molecule has 0 aliphatic carbocycles. The normalized spacial score (nSPS) is 10.4. The fourth-order valence-corrected chi connectivity index (χ4v) is 3.01. The van der Waals surface area contributed by atoms with Gasteiger partial charge in [-0.25, -0.2) is 9.59 Å². The van der Waals surface area contributed by atoms with Crippen LogP contribution in [0.5, 0.6) is 5.75 Å². The molecule has 28 heavy (non-hydrogen) atoms. The van der Waals surface area contributed by atoms with Gasteiger partial charge in [0.15, 0.2) is 0 Å². The zero-order chi connectivity index (χ0) is 19.9. The van der Waals surface area contributed by atoms with Gasteiger partial charge in [0.05, 0.1) is 17.7 Å². The Kier molecular flexibility index (Phi) is 6.69. The molecule has 0 saturated heterocycles. The van der Waals surface area contributed by atoms with E-state index in [-0.39, 0.29) is 12.2 Å². The summed E-state index contributed by atoms with van der Waals surface area (Å²) >= 11 is 11.8.